The number of rotatable bonds is 6. The van der Waals surface area contributed by atoms with E-state index in [9.17, 15) is 4.79 Å². The van der Waals surface area contributed by atoms with Crippen LogP contribution in [0.3, 0.4) is 0 Å². The second-order valence-electron chi connectivity index (χ2n) is 5.44. The molecule has 1 rings (SSSR count). The van der Waals surface area contributed by atoms with Gasteiger partial charge >= 0.3 is 5.91 Å². The van der Waals surface area contributed by atoms with Crippen LogP contribution in [0.15, 0.2) is 24.3 Å². The molecule has 0 unspecified atom stereocenters. The lowest BCUT2D eigenvalue weighted by molar-refractivity contribution is -0.410. The zero-order chi connectivity index (χ0) is 15.2. The number of aryl methyl sites for hydroxylation is 1. The van der Waals surface area contributed by atoms with Crippen molar-refractivity contribution in [3.8, 4) is 0 Å². The van der Waals surface area contributed by atoms with Crippen molar-refractivity contribution in [2.75, 3.05) is 12.4 Å². The summed E-state index contributed by atoms with van der Waals surface area (Å²) in [6.45, 7) is 14.3. The van der Waals surface area contributed by atoms with Gasteiger partial charge in [0.1, 0.15) is 13.8 Å². The van der Waals surface area contributed by atoms with Crippen molar-refractivity contribution in [3.05, 3.63) is 41.2 Å². The van der Waals surface area contributed by atoms with Crippen molar-refractivity contribution < 1.29 is 9.37 Å². The summed E-state index contributed by atoms with van der Waals surface area (Å²) in [4.78, 5) is 14.9. The zero-order valence-corrected chi connectivity index (χ0v) is 12.4. The van der Waals surface area contributed by atoms with Crippen LogP contribution >= 0.6 is 0 Å². The van der Waals surface area contributed by atoms with Crippen LogP contribution in [0, 0.1) is 6.57 Å². The number of carbonyl (C=O) groups is 1. The molecule has 0 bridgehead atoms. The van der Waals surface area contributed by atoms with Crippen molar-refractivity contribution in [1.29, 1.82) is 0 Å². The fourth-order valence-corrected chi connectivity index (χ4v) is 1.77. The van der Waals surface area contributed by atoms with E-state index in [0.29, 0.717) is 6.42 Å². The Morgan fingerprint density at radius 2 is 2.00 bits per heavy atom. The highest BCUT2D eigenvalue weighted by atomic mass is 16.2. The van der Waals surface area contributed by atoms with Gasteiger partial charge in [-0.15, -0.1) is 0 Å². The van der Waals surface area contributed by atoms with Gasteiger partial charge in [0, 0.05) is 19.5 Å². The molecular formula is C16H22N3O+. The molecule has 4 nitrogen and oxygen atoms in total. The Labute approximate surface area is 121 Å². The summed E-state index contributed by atoms with van der Waals surface area (Å²) in [6.07, 6.45) is 2.20. The van der Waals surface area contributed by atoms with Crippen molar-refractivity contribution in [3.63, 3.8) is 0 Å². The molecule has 0 heterocycles. The van der Waals surface area contributed by atoms with Crippen LogP contribution in [0.5, 0.6) is 0 Å². The summed E-state index contributed by atoms with van der Waals surface area (Å²) in [5.41, 5.74) is 1.53. The van der Waals surface area contributed by atoms with E-state index in [0.717, 1.165) is 18.5 Å². The lowest BCUT2D eigenvalue weighted by atomic mass is 10.1. The zero-order valence-electron chi connectivity index (χ0n) is 12.4. The largest absolute Gasteiger partial charge is 0.386 e. The monoisotopic (exact) mass is 272 g/mol. The molecular weight excluding hydrogens is 250 g/mol. The standard InChI is InChI=1S/C16H22N3O/c1-16(2,17-3)18-14-11-9-13(10-12-14)7-6-8-15(20)19(4)5/h9-12,18H,4,6-8H2,1-2,5H3/q+1. The molecule has 0 saturated carbocycles. The molecule has 0 fully saturated rings. The van der Waals surface area contributed by atoms with Crippen LogP contribution < -0.4 is 5.32 Å². The first-order valence-corrected chi connectivity index (χ1v) is 6.67. The lowest BCUT2D eigenvalue weighted by Crippen LogP contribution is -2.25. The summed E-state index contributed by atoms with van der Waals surface area (Å²) in [5, 5.41) is 3.16. The van der Waals surface area contributed by atoms with Gasteiger partial charge in [-0.2, -0.15) is 4.58 Å². The van der Waals surface area contributed by atoms with Gasteiger partial charge in [0.2, 0.25) is 0 Å². The predicted octanol–water partition coefficient (Wildman–Crippen LogP) is 2.95. The van der Waals surface area contributed by atoms with Crippen molar-refractivity contribution in [2.45, 2.75) is 38.8 Å². The third-order valence-corrected chi connectivity index (χ3v) is 2.97. The molecule has 1 N–H and O–H groups in total. The number of carbonyl (C=O) groups excluding carboxylic acids is 1. The van der Waals surface area contributed by atoms with E-state index in [1.54, 1.807) is 7.05 Å². The molecule has 4 heteroatoms. The Morgan fingerprint density at radius 1 is 1.40 bits per heavy atom. The van der Waals surface area contributed by atoms with Crippen LogP contribution in [0.2, 0.25) is 0 Å². The minimum absolute atomic E-state index is 0.0575. The topological polar surface area (TPSA) is 36.5 Å². The van der Waals surface area contributed by atoms with Gasteiger partial charge in [-0.1, -0.05) is 12.1 Å². The molecule has 0 spiro atoms. The molecule has 0 aliphatic heterocycles. The number of anilines is 1. The highest BCUT2D eigenvalue weighted by molar-refractivity contribution is 5.68. The van der Waals surface area contributed by atoms with Crippen molar-refractivity contribution in [2.24, 2.45) is 0 Å². The SMILES string of the molecule is [C-]#[N+]C(C)(C)Nc1ccc(CCCC(=O)[N+](=C)C)cc1. The third kappa shape index (κ3) is 5.23. The Hall–Kier alpha value is -2.15. The third-order valence-electron chi connectivity index (χ3n) is 2.97. The van der Waals surface area contributed by atoms with E-state index in [4.69, 9.17) is 6.57 Å². The lowest BCUT2D eigenvalue weighted by Gasteiger charge is -2.15. The predicted molar refractivity (Wildman–Crippen MR) is 82.0 cm³/mol. The molecule has 0 saturated heterocycles. The average molecular weight is 272 g/mol. The Balaban J connectivity index is 2.49. The van der Waals surface area contributed by atoms with Crippen LogP contribution in [0.1, 0.15) is 32.3 Å². The molecule has 1 aromatic rings. The number of hydrogen-bond acceptors (Lipinski definition) is 2. The maximum Gasteiger partial charge on any atom is 0.386 e. The molecule has 0 aliphatic carbocycles. The van der Waals surface area contributed by atoms with Crippen LogP contribution in [-0.4, -0.2) is 29.9 Å². The van der Waals surface area contributed by atoms with E-state index in [1.807, 2.05) is 38.1 Å². The number of nitrogens with one attached hydrogen (secondary N) is 1. The maximum atomic E-state index is 11.4. The van der Waals surface area contributed by atoms with Gasteiger partial charge in [-0.05, 0) is 30.5 Å². The van der Waals surface area contributed by atoms with Gasteiger partial charge in [0.25, 0.3) is 5.66 Å². The summed E-state index contributed by atoms with van der Waals surface area (Å²) in [6, 6.07) is 8.00. The van der Waals surface area contributed by atoms with Crippen molar-refractivity contribution in [1.82, 2.24) is 0 Å². The minimum atomic E-state index is -0.591. The molecule has 20 heavy (non-hydrogen) atoms. The molecule has 0 aromatic heterocycles. The first-order valence-electron chi connectivity index (χ1n) is 6.67. The van der Waals surface area contributed by atoms with Crippen LogP contribution in [-0.2, 0) is 11.2 Å². The van der Waals surface area contributed by atoms with Gasteiger partial charge in [-0.25, -0.2) is 11.4 Å². The smallest absolute Gasteiger partial charge is 0.315 e. The van der Waals surface area contributed by atoms with Crippen LogP contribution in [0.25, 0.3) is 4.85 Å². The molecule has 1 amide bonds. The summed E-state index contributed by atoms with van der Waals surface area (Å²) >= 11 is 0. The summed E-state index contributed by atoms with van der Waals surface area (Å²) < 4.78 is 1.37. The summed E-state index contributed by atoms with van der Waals surface area (Å²) in [7, 11) is 1.67. The second-order valence-corrected chi connectivity index (χ2v) is 5.44. The maximum absolute atomic E-state index is 11.4. The quantitative estimate of drug-likeness (QED) is 0.491. The Morgan fingerprint density at radius 3 is 2.50 bits per heavy atom. The fourth-order valence-electron chi connectivity index (χ4n) is 1.77. The number of nitrogens with zero attached hydrogens (tertiary/aromatic N) is 2. The van der Waals surface area contributed by atoms with E-state index in [1.165, 1.54) is 10.1 Å². The average Bonchev–Trinajstić information content (AvgIpc) is 2.40. The highest BCUT2D eigenvalue weighted by Crippen LogP contribution is 2.17. The minimum Gasteiger partial charge on any atom is -0.315 e. The number of hydrogen-bond donors (Lipinski definition) is 1. The van der Waals surface area contributed by atoms with E-state index < -0.39 is 5.66 Å². The Kier molecular flexibility index (Phi) is 5.45. The molecule has 1 aromatic carbocycles. The second kappa shape index (κ2) is 6.85. The van der Waals surface area contributed by atoms with Crippen molar-refractivity contribution >= 4 is 18.3 Å². The van der Waals surface area contributed by atoms with E-state index >= 15 is 0 Å². The molecule has 106 valence electrons. The van der Waals surface area contributed by atoms with Gasteiger partial charge < -0.3 is 5.32 Å². The molecule has 0 aliphatic rings. The molecule has 0 atom stereocenters. The number of benzene rings is 1. The fraction of sp³-hybridized carbons (Fsp3) is 0.438. The van der Waals surface area contributed by atoms with Gasteiger partial charge in [0.05, 0.1) is 6.42 Å². The first kappa shape index (κ1) is 15.9. The molecule has 0 radical (unpaired) electrons. The van der Waals surface area contributed by atoms with Gasteiger partial charge in [-0.3, -0.25) is 4.85 Å². The van der Waals surface area contributed by atoms with Crippen LogP contribution in [0.4, 0.5) is 5.69 Å². The highest BCUT2D eigenvalue weighted by Gasteiger charge is 2.21. The van der Waals surface area contributed by atoms with E-state index in [2.05, 4.69) is 16.9 Å². The number of amides is 1. The normalized spacial score (nSPS) is 10.7. The van der Waals surface area contributed by atoms with E-state index in [-0.39, 0.29) is 5.91 Å². The van der Waals surface area contributed by atoms with Gasteiger partial charge in [0.15, 0.2) is 0 Å². The Bertz CT molecular complexity index is 524. The first-order chi connectivity index (χ1) is 9.34. The summed E-state index contributed by atoms with van der Waals surface area (Å²) in [5.74, 6) is 0.0575.